The number of nitrogens with one attached hydrogen (secondary N) is 1. The number of hydrogen-bond donors (Lipinski definition) is 1. The van der Waals surface area contributed by atoms with Crippen LogP contribution in [0.2, 0.25) is 0 Å². The van der Waals surface area contributed by atoms with Crippen molar-refractivity contribution >= 4 is 17.8 Å². The Labute approximate surface area is 146 Å². The minimum atomic E-state index is 0.0764. The molecule has 1 aliphatic rings. The molecule has 132 valence electrons. The van der Waals surface area contributed by atoms with Gasteiger partial charge in [-0.15, -0.1) is 0 Å². The molecule has 4 nitrogen and oxygen atoms in total. The Kier molecular flexibility index (Phi) is 7.29. The van der Waals surface area contributed by atoms with Crippen LogP contribution in [0.15, 0.2) is 29.4 Å². The van der Waals surface area contributed by atoms with Gasteiger partial charge >= 0.3 is 0 Å². The molecule has 1 aromatic carbocycles. The summed E-state index contributed by atoms with van der Waals surface area (Å²) in [5.41, 5.74) is 4.91. The molecule has 24 heavy (non-hydrogen) atoms. The van der Waals surface area contributed by atoms with Crippen LogP contribution in [0.25, 0.3) is 0 Å². The molecule has 0 aromatic heterocycles. The highest BCUT2D eigenvalue weighted by molar-refractivity contribution is 5.85. The number of hydrogen-bond acceptors (Lipinski definition) is 3. The molecule has 0 heterocycles. The highest BCUT2D eigenvalue weighted by Crippen LogP contribution is 2.42. The van der Waals surface area contributed by atoms with Gasteiger partial charge in [-0.1, -0.05) is 38.3 Å². The first-order valence-electron chi connectivity index (χ1n) is 9.37. The lowest BCUT2D eigenvalue weighted by atomic mass is 10.1. The lowest BCUT2D eigenvalue weighted by Gasteiger charge is -2.20. The van der Waals surface area contributed by atoms with E-state index in [1.165, 1.54) is 31.4 Å². The van der Waals surface area contributed by atoms with Crippen LogP contribution in [0, 0.1) is 11.8 Å². The maximum Gasteiger partial charge on any atom is 0.243 e. The van der Waals surface area contributed by atoms with Crippen molar-refractivity contribution in [2.75, 3.05) is 18.0 Å². The number of anilines is 1. The number of amides is 1. The van der Waals surface area contributed by atoms with Gasteiger partial charge in [0.25, 0.3) is 0 Å². The largest absolute Gasteiger partial charge is 0.372 e. The van der Waals surface area contributed by atoms with E-state index in [-0.39, 0.29) is 11.8 Å². The smallest absolute Gasteiger partial charge is 0.243 e. The van der Waals surface area contributed by atoms with Crippen molar-refractivity contribution in [3.05, 3.63) is 29.8 Å². The fourth-order valence-corrected chi connectivity index (χ4v) is 3.16. The lowest BCUT2D eigenvalue weighted by Crippen LogP contribution is -2.21. The number of carbonyl (C=O) groups excluding carboxylic acids is 1. The number of hydrazone groups is 1. The van der Waals surface area contributed by atoms with E-state index in [0.29, 0.717) is 5.92 Å². The molecule has 1 aromatic rings. The van der Waals surface area contributed by atoms with Crippen LogP contribution in [-0.4, -0.2) is 25.2 Å². The third-order valence-electron chi connectivity index (χ3n) is 4.85. The van der Waals surface area contributed by atoms with Gasteiger partial charge in [0, 0.05) is 24.7 Å². The third-order valence-corrected chi connectivity index (χ3v) is 4.85. The predicted octanol–water partition coefficient (Wildman–Crippen LogP) is 4.20. The predicted molar refractivity (Wildman–Crippen MR) is 101 cm³/mol. The van der Waals surface area contributed by atoms with E-state index in [1.807, 2.05) is 12.1 Å². The van der Waals surface area contributed by atoms with Gasteiger partial charge in [0.2, 0.25) is 5.91 Å². The van der Waals surface area contributed by atoms with E-state index < -0.39 is 0 Å². The monoisotopic (exact) mass is 329 g/mol. The second kappa shape index (κ2) is 9.45. The van der Waals surface area contributed by atoms with Gasteiger partial charge in [-0.2, -0.15) is 5.10 Å². The van der Waals surface area contributed by atoms with Crippen molar-refractivity contribution in [1.29, 1.82) is 0 Å². The number of unbranched alkanes of at least 4 members (excludes halogenated alkanes) is 2. The van der Waals surface area contributed by atoms with Crippen LogP contribution >= 0.6 is 0 Å². The maximum absolute atomic E-state index is 12.0. The molecule has 4 heteroatoms. The van der Waals surface area contributed by atoms with Crippen LogP contribution in [0.4, 0.5) is 5.69 Å². The molecule has 2 unspecified atom stereocenters. The van der Waals surface area contributed by atoms with E-state index in [4.69, 9.17) is 0 Å². The van der Waals surface area contributed by atoms with Gasteiger partial charge in [-0.3, -0.25) is 4.79 Å². The Morgan fingerprint density at radius 2 is 1.92 bits per heavy atom. The Morgan fingerprint density at radius 1 is 1.21 bits per heavy atom. The molecule has 0 radical (unpaired) electrons. The van der Waals surface area contributed by atoms with E-state index in [9.17, 15) is 4.79 Å². The zero-order valence-corrected chi connectivity index (χ0v) is 15.3. The average Bonchev–Trinajstić information content (AvgIpc) is 3.37. The topological polar surface area (TPSA) is 44.7 Å². The average molecular weight is 329 g/mol. The summed E-state index contributed by atoms with van der Waals surface area (Å²) in [7, 11) is 0. The standard InChI is InChI=1S/C20H31N3O/c1-4-7-8-9-17-14-19(17)20(24)22-21-15-16-10-12-18(13-11-16)23(5-2)6-3/h10-13,15,17,19H,4-9,14H2,1-3H3,(H,22,24)/b21-15+. The second-order valence-electron chi connectivity index (χ2n) is 6.60. The van der Waals surface area contributed by atoms with Crippen molar-refractivity contribution in [1.82, 2.24) is 5.43 Å². The molecule has 1 aliphatic carbocycles. The van der Waals surface area contributed by atoms with Crippen molar-refractivity contribution in [3.63, 3.8) is 0 Å². The zero-order chi connectivity index (χ0) is 17.4. The summed E-state index contributed by atoms with van der Waals surface area (Å²) in [5.74, 6) is 0.844. The number of rotatable bonds is 10. The van der Waals surface area contributed by atoms with E-state index >= 15 is 0 Å². The molecule has 0 spiro atoms. The number of carbonyl (C=O) groups is 1. The third kappa shape index (κ3) is 5.36. The lowest BCUT2D eigenvalue weighted by molar-refractivity contribution is -0.122. The van der Waals surface area contributed by atoms with Crippen molar-refractivity contribution < 1.29 is 4.79 Å². The molecular weight excluding hydrogens is 298 g/mol. The number of nitrogens with zero attached hydrogens (tertiary/aromatic N) is 2. The first-order valence-corrected chi connectivity index (χ1v) is 9.37. The zero-order valence-electron chi connectivity index (χ0n) is 15.3. The minimum Gasteiger partial charge on any atom is -0.372 e. The molecule has 1 saturated carbocycles. The summed E-state index contributed by atoms with van der Waals surface area (Å²) < 4.78 is 0. The van der Waals surface area contributed by atoms with Crippen molar-refractivity contribution in [2.45, 2.75) is 52.9 Å². The second-order valence-corrected chi connectivity index (χ2v) is 6.60. The molecule has 2 atom stereocenters. The van der Waals surface area contributed by atoms with Gasteiger partial charge < -0.3 is 4.90 Å². The first-order chi connectivity index (χ1) is 11.7. The van der Waals surface area contributed by atoms with E-state index in [2.05, 4.69) is 48.3 Å². The molecule has 1 amide bonds. The van der Waals surface area contributed by atoms with Crippen LogP contribution in [0.1, 0.15) is 58.4 Å². The summed E-state index contributed by atoms with van der Waals surface area (Å²) >= 11 is 0. The molecule has 1 fully saturated rings. The van der Waals surface area contributed by atoms with Crippen LogP contribution in [0.3, 0.4) is 0 Å². The van der Waals surface area contributed by atoms with Crippen LogP contribution < -0.4 is 10.3 Å². The Morgan fingerprint density at radius 3 is 2.54 bits per heavy atom. The summed E-state index contributed by atoms with van der Waals surface area (Å²) in [4.78, 5) is 14.3. The van der Waals surface area contributed by atoms with Gasteiger partial charge in [-0.25, -0.2) is 5.43 Å². The van der Waals surface area contributed by atoms with E-state index in [1.54, 1.807) is 6.21 Å². The van der Waals surface area contributed by atoms with Crippen LogP contribution in [0.5, 0.6) is 0 Å². The van der Waals surface area contributed by atoms with Gasteiger partial charge in [0.1, 0.15) is 0 Å². The summed E-state index contributed by atoms with van der Waals surface area (Å²) in [6, 6.07) is 8.27. The quantitative estimate of drug-likeness (QED) is 0.397. The van der Waals surface area contributed by atoms with Crippen LogP contribution in [-0.2, 0) is 4.79 Å². The highest BCUT2D eigenvalue weighted by atomic mass is 16.2. The van der Waals surface area contributed by atoms with Gasteiger partial charge in [0.05, 0.1) is 6.21 Å². The van der Waals surface area contributed by atoms with E-state index in [0.717, 1.165) is 25.1 Å². The van der Waals surface area contributed by atoms with Gasteiger partial charge in [0.15, 0.2) is 0 Å². The normalized spacial score (nSPS) is 19.5. The molecule has 2 rings (SSSR count). The summed E-state index contributed by atoms with van der Waals surface area (Å²) in [6.07, 6.45) is 7.69. The Hall–Kier alpha value is -1.84. The van der Waals surface area contributed by atoms with Gasteiger partial charge in [-0.05, 0) is 50.3 Å². The first kappa shape index (κ1) is 18.5. The number of benzene rings is 1. The molecule has 0 bridgehead atoms. The van der Waals surface area contributed by atoms with Crippen molar-refractivity contribution in [2.24, 2.45) is 16.9 Å². The Balaban J connectivity index is 1.75. The van der Waals surface area contributed by atoms with Crippen molar-refractivity contribution in [3.8, 4) is 0 Å². The maximum atomic E-state index is 12.0. The fourth-order valence-electron chi connectivity index (χ4n) is 3.16. The molecular formula is C20H31N3O. The molecule has 0 aliphatic heterocycles. The Bertz CT molecular complexity index is 534. The summed E-state index contributed by atoms with van der Waals surface area (Å²) in [6.45, 7) is 8.52. The highest BCUT2D eigenvalue weighted by Gasteiger charge is 2.41. The SMILES string of the molecule is CCCCCC1CC1C(=O)N/N=C/c1ccc(N(CC)CC)cc1. The summed E-state index contributed by atoms with van der Waals surface area (Å²) in [5, 5.41) is 4.11. The molecule has 1 N–H and O–H groups in total. The minimum absolute atomic E-state index is 0.0764. The fraction of sp³-hybridized carbons (Fsp3) is 0.600. The molecule has 0 saturated heterocycles.